The van der Waals surface area contributed by atoms with Crippen LogP contribution < -0.4 is 0 Å². The van der Waals surface area contributed by atoms with Gasteiger partial charge < -0.3 is 0 Å². The van der Waals surface area contributed by atoms with Crippen LogP contribution in [0.25, 0.3) is 0 Å². The average molecular weight is 286 g/mol. The smallest absolute Gasteiger partial charge is 0.207 e. The number of benzene rings is 1. The van der Waals surface area contributed by atoms with E-state index in [1.807, 2.05) is 6.07 Å². The number of rotatable bonds is 2. The summed E-state index contributed by atoms with van der Waals surface area (Å²) in [5.41, 5.74) is 0. The van der Waals surface area contributed by atoms with Crippen LogP contribution in [0.15, 0.2) is 35.2 Å². The minimum absolute atomic E-state index is 0.0939. The number of sulfonamides is 1. The number of fused-ring (bicyclic) bond motifs is 2. The highest BCUT2D eigenvalue weighted by molar-refractivity contribution is 7.89. The Balaban J connectivity index is 1.96. The zero-order chi connectivity index (χ0) is 12.8. The molecule has 18 heavy (non-hydrogen) atoms. The first-order chi connectivity index (χ1) is 8.59. The molecule has 0 aromatic heterocycles. The van der Waals surface area contributed by atoms with E-state index in [2.05, 4.69) is 0 Å². The SMILES string of the molecule is O=S(=O)(c1ccccc1)N1C2CCC1CC(Cl)C2. The maximum Gasteiger partial charge on any atom is 0.243 e. The van der Waals surface area contributed by atoms with Crippen molar-refractivity contribution in [2.45, 2.75) is 48.0 Å². The monoisotopic (exact) mass is 285 g/mol. The lowest BCUT2D eigenvalue weighted by Crippen LogP contribution is -2.46. The van der Waals surface area contributed by atoms with Crippen LogP contribution in [-0.2, 0) is 10.0 Å². The number of hydrogen-bond acceptors (Lipinski definition) is 2. The Morgan fingerprint density at radius 2 is 1.61 bits per heavy atom. The van der Waals surface area contributed by atoms with E-state index in [9.17, 15) is 8.42 Å². The summed E-state index contributed by atoms with van der Waals surface area (Å²) < 4.78 is 27.0. The van der Waals surface area contributed by atoms with Crippen molar-refractivity contribution in [2.75, 3.05) is 0 Å². The molecule has 2 saturated heterocycles. The van der Waals surface area contributed by atoms with Gasteiger partial charge in [0.2, 0.25) is 10.0 Å². The molecular formula is C13H16ClNO2S. The maximum atomic E-state index is 12.6. The van der Waals surface area contributed by atoms with Crippen LogP contribution >= 0.6 is 11.6 Å². The fourth-order valence-corrected chi connectivity index (χ4v) is 5.50. The highest BCUT2D eigenvalue weighted by atomic mass is 35.5. The second kappa shape index (κ2) is 4.51. The van der Waals surface area contributed by atoms with E-state index < -0.39 is 10.0 Å². The fraction of sp³-hybridized carbons (Fsp3) is 0.538. The van der Waals surface area contributed by atoms with E-state index in [4.69, 9.17) is 11.6 Å². The van der Waals surface area contributed by atoms with Crippen LogP contribution in [0.5, 0.6) is 0 Å². The molecule has 98 valence electrons. The number of hydrogen-bond donors (Lipinski definition) is 0. The molecule has 5 heteroatoms. The Labute approximate surface area is 113 Å². The standard InChI is InChI=1S/C13H16ClNO2S/c14-10-8-11-6-7-12(9-10)15(11)18(16,17)13-4-2-1-3-5-13/h1-5,10-12H,6-9H2. The van der Waals surface area contributed by atoms with Crippen molar-refractivity contribution in [1.82, 2.24) is 4.31 Å². The first kappa shape index (κ1) is 12.5. The molecule has 0 N–H and O–H groups in total. The summed E-state index contributed by atoms with van der Waals surface area (Å²) >= 11 is 6.19. The second-order valence-corrected chi connectivity index (χ2v) is 7.56. The highest BCUT2D eigenvalue weighted by Gasteiger charge is 2.46. The third-order valence-electron chi connectivity index (χ3n) is 3.93. The van der Waals surface area contributed by atoms with E-state index in [-0.39, 0.29) is 17.5 Å². The topological polar surface area (TPSA) is 37.4 Å². The molecule has 2 aliphatic rings. The van der Waals surface area contributed by atoms with Gasteiger partial charge >= 0.3 is 0 Å². The van der Waals surface area contributed by atoms with Crippen LogP contribution in [0.2, 0.25) is 0 Å². The van der Waals surface area contributed by atoms with E-state index in [0.29, 0.717) is 4.90 Å². The Hall–Kier alpha value is -0.580. The van der Waals surface area contributed by atoms with Crippen molar-refractivity contribution in [2.24, 2.45) is 0 Å². The predicted octanol–water partition coefficient (Wildman–Crippen LogP) is 2.61. The van der Waals surface area contributed by atoms with Crippen LogP contribution in [-0.4, -0.2) is 30.2 Å². The van der Waals surface area contributed by atoms with Gasteiger partial charge in [-0.05, 0) is 37.8 Å². The summed E-state index contributed by atoms with van der Waals surface area (Å²) in [6.45, 7) is 0. The average Bonchev–Trinajstić information content (AvgIpc) is 2.64. The Kier molecular flexibility index (Phi) is 3.12. The lowest BCUT2D eigenvalue weighted by atomic mass is 10.1. The van der Waals surface area contributed by atoms with Gasteiger partial charge in [-0.25, -0.2) is 8.42 Å². The Morgan fingerprint density at radius 1 is 1.06 bits per heavy atom. The lowest BCUT2D eigenvalue weighted by molar-refractivity contribution is 0.251. The van der Waals surface area contributed by atoms with Crippen molar-refractivity contribution in [3.8, 4) is 0 Å². The zero-order valence-electron chi connectivity index (χ0n) is 10.00. The summed E-state index contributed by atoms with van der Waals surface area (Å²) in [7, 11) is -3.35. The number of alkyl halides is 1. The third kappa shape index (κ3) is 1.96. The van der Waals surface area contributed by atoms with Crippen LogP contribution in [0.1, 0.15) is 25.7 Å². The summed E-state index contributed by atoms with van der Waals surface area (Å²) in [6.07, 6.45) is 3.45. The van der Waals surface area contributed by atoms with E-state index >= 15 is 0 Å². The summed E-state index contributed by atoms with van der Waals surface area (Å²) in [5.74, 6) is 0. The largest absolute Gasteiger partial charge is 0.243 e. The molecule has 1 aromatic carbocycles. The second-order valence-electron chi connectivity index (χ2n) is 5.10. The van der Waals surface area contributed by atoms with E-state index in [1.54, 1.807) is 28.6 Å². The van der Waals surface area contributed by atoms with Gasteiger partial charge in [-0.2, -0.15) is 4.31 Å². The molecule has 0 spiro atoms. The minimum atomic E-state index is -3.35. The first-order valence-electron chi connectivity index (χ1n) is 6.31. The van der Waals surface area contributed by atoms with Gasteiger partial charge in [0.15, 0.2) is 0 Å². The van der Waals surface area contributed by atoms with Gasteiger partial charge in [-0.15, -0.1) is 11.6 Å². The highest BCUT2D eigenvalue weighted by Crippen LogP contribution is 2.41. The molecule has 2 heterocycles. The molecule has 0 saturated carbocycles. The van der Waals surface area contributed by atoms with Gasteiger partial charge in [0.05, 0.1) is 4.90 Å². The molecule has 2 bridgehead atoms. The molecule has 3 nitrogen and oxygen atoms in total. The lowest BCUT2D eigenvalue weighted by Gasteiger charge is -2.35. The molecule has 0 aliphatic carbocycles. The van der Waals surface area contributed by atoms with Crippen molar-refractivity contribution >= 4 is 21.6 Å². The molecule has 2 aliphatic heterocycles. The normalized spacial score (nSPS) is 32.6. The van der Waals surface area contributed by atoms with Gasteiger partial charge in [0, 0.05) is 17.5 Å². The summed E-state index contributed by atoms with van der Waals surface area (Å²) in [6, 6.07) is 8.89. The van der Waals surface area contributed by atoms with Crippen LogP contribution in [0, 0.1) is 0 Å². The molecule has 1 aromatic rings. The van der Waals surface area contributed by atoms with Gasteiger partial charge in [0.25, 0.3) is 0 Å². The van der Waals surface area contributed by atoms with Gasteiger partial charge in [-0.1, -0.05) is 18.2 Å². The predicted molar refractivity (Wildman–Crippen MR) is 71.2 cm³/mol. The summed E-state index contributed by atoms with van der Waals surface area (Å²) in [5, 5.41) is 0.129. The molecule has 3 rings (SSSR count). The summed E-state index contributed by atoms with van der Waals surface area (Å²) in [4.78, 5) is 0.398. The zero-order valence-corrected chi connectivity index (χ0v) is 11.6. The molecule has 0 amide bonds. The van der Waals surface area contributed by atoms with Crippen molar-refractivity contribution in [1.29, 1.82) is 0 Å². The molecule has 2 fully saturated rings. The third-order valence-corrected chi connectivity index (χ3v) is 6.30. The molecule has 0 radical (unpaired) electrons. The van der Waals surface area contributed by atoms with Crippen LogP contribution in [0.4, 0.5) is 0 Å². The van der Waals surface area contributed by atoms with E-state index in [1.165, 1.54) is 0 Å². The van der Waals surface area contributed by atoms with Crippen LogP contribution in [0.3, 0.4) is 0 Å². The maximum absolute atomic E-state index is 12.6. The number of nitrogens with zero attached hydrogens (tertiary/aromatic N) is 1. The Bertz CT molecular complexity index is 517. The quantitative estimate of drug-likeness (QED) is 0.783. The number of piperidine rings is 1. The van der Waals surface area contributed by atoms with E-state index in [0.717, 1.165) is 25.7 Å². The van der Waals surface area contributed by atoms with Gasteiger partial charge in [0.1, 0.15) is 0 Å². The van der Waals surface area contributed by atoms with Crippen molar-refractivity contribution in [3.05, 3.63) is 30.3 Å². The van der Waals surface area contributed by atoms with Crippen molar-refractivity contribution in [3.63, 3.8) is 0 Å². The first-order valence-corrected chi connectivity index (χ1v) is 8.19. The fourth-order valence-electron chi connectivity index (χ4n) is 3.17. The Morgan fingerprint density at radius 3 is 2.17 bits per heavy atom. The minimum Gasteiger partial charge on any atom is -0.207 e. The molecular weight excluding hydrogens is 270 g/mol. The molecule has 2 unspecified atom stereocenters. The number of halogens is 1. The molecule has 2 atom stereocenters. The van der Waals surface area contributed by atoms with Crippen molar-refractivity contribution < 1.29 is 8.42 Å². The van der Waals surface area contributed by atoms with Gasteiger partial charge in [-0.3, -0.25) is 0 Å².